The van der Waals surface area contributed by atoms with Gasteiger partial charge >= 0.3 is 5.97 Å². The van der Waals surface area contributed by atoms with Gasteiger partial charge in [-0.2, -0.15) is 0 Å². The molecule has 2 unspecified atom stereocenters. The molecule has 0 aromatic rings. The molecule has 104 valence electrons. The maximum absolute atomic E-state index is 12.1. The van der Waals surface area contributed by atoms with Gasteiger partial charge in [0.1, 0.15) is 5.41 Å². The predicted molar refractivity (Wildman–Crippen MR) is 70.1 cm³/mol. The van der Waals surface area contributed by atoms with Crippen LogP contribution in [0.4, 0.5) is 0 Å². The fraction of sp³-hybridized carbons (Fsp3) is 0.857. The Morgan fingerprint density at radius 2 is 1.78 bits per heavy atom. The average Bonchev–Trinajstić information content (AvgIpc) is 2.29. The second-order valence-electron chi connectivity index (χ2n) is 6.20. The Bertz CT molecular complexity index is 323. The number of aliphatic carboxylic acids is 1. The van der Waals surface area contributed by atoms with Crippen LogP contribution in [0.3, 0.4) is 0 Å². The molecule has 0 saturated heterocycles. The summed E-state index contributed by atoms with van der Waals surface area (Å²) in [7, 11) is 0. The number of carboxylic acid groups (broad SMARTS) is 1. The maximum Gasteiger partial charge on any atom is 0.318 e. The lowest BCUT2D eigenvalue weighted by molar-refractivity contribution is -0.153. The van der Waals surface area contributed by atoms with Crippen LogP contribution in [0, 0.1) is 17.3 Å². The van der Waals surface area contributed by atoms with Crippen LogP contribution in [0.25, 0.3) is 0 Å². The van der Waals surface area contributed by atoms with E-state index in [9.17, 15) is 9.59 Å². The second-order valence-corrected chi connectivity index (χ2v) is 6.20. The van der Waals surface area contributed by atoms with E-state index in [2.05, 4.69) is 19.2 Å². The van der Waals surface area contributed by atoms with Crippen LogP contribution in [0.15, 0.2) is 0 Å². The van der Waals surface area contributed by atoms with Crippen LogP contribution in [0.2, 0.25) is 0 Å². The highest BCUT2D eigenvalue weighted by molar-refractivity contribution is 6.01. The first-order valence-corrected chi connectivity index (χ1v) is 6.81. The molecule has 0 heterocycles. The molecule has 1 fully saturated rings. The lowest BCUT2D eigenvalue weighted by Crippen LogP contribution is -2.50. The van der Waals surface area contributed by atoms with Gasteiger partial charge < -0.3 is 10.4 Å². The third kappa shape index (κ3) is 3.24. The third-order valence-corrected chi connectivity index (χ3v) is 4.09. The normalized spacial score (nSPS) is 24.9. The van der Waals surface area contributed by atoms with Gasteiger partial charge in [0, 0.05) is 6.04 Å². The SMILES string of the molecule is CC(C)C1CCCCC1NC(=O)C(C)(C)C(=O)O. The summed E-state index contributed by atoms with van der Waals surface area (Å²) in [6.45, 7) is 7.24. The Kier molecular flexibility index (Phi) is 4.77. The molecule has 4 nitrogen and oxygen atoms in total. The molecule has 2 N–H and O–H groups in total. The first-order valence-electron chi connectivity index (χ1n) is 6.81. The predicted octanol–water partition coefficient (Wildman–Crippen LogP) is 2.43. The number of amides is 1. The van der Waals surface area contributed by atoms with Crippen molar-refractivity contribution in [3.05, 3.63) is 0 Å². The topological polar surface area (TPSA) is 66.4 Å². The molecule has 4 heteroatoms. The summed E-state index contributed by atoms with van der Waals surface area (Å²) >= 11 is 0. The average molecular weight is 255 g/mol. The first kappa shape index (κ1) is 15.0. The highest BCUT2D eigenvalue weighted by Gasteiger charge is 2.38. The fourth-order valence-corrected chi connectivity index (χ4v) is 2.58. The van der Waals surface area contributed by atoms with Crippen LogP contribution < -0.4 is 5.32 Å². The summed E-state index contributed by atoms with van der Waals surface area (Å²) < 4.78 is 0. The van der Waals surface area contributed by atoms with E-state index in [0.717, 1.165) is 19.3 Å². The molecule has 0 aromatic carbocycles. The van der Waals surface area contributed by atoms with E-state index in [-0.39, 0.29) is 11.9 Å². The van der Waals surface area contributed by atoms with Crippen molar-refractivity contribution in [1.82, 2.24) is 5.32 Å². The zero-order valence-corrected chi connectivity index (χ0v) is 11.8. The number of carboxylic acids is 1. The van der Waals surface area contributed by atoms with E-state index in [1.54, 1.807) is 0 Å². The molecule has 1 amide bonds. The van der Waals surface area contributed by atoms with Crippen molar-refractivity contribution < 1.29 is 14.7 Å². The Morgan fingerprint density at radius 3 is 2.28 bits per heavy atom. The molecule has 18 heavy (non-hydrogen) atoms. The molecule has 0 aromatic heterocycles. The van der Waals surface area contributed by atoms with Crippen LogP contribution in [0.5, 0.6) is 0 Å². The molecule has 0 bridgehead atoms. The fourth-order valence-electron chi connectivity index (χ4n) is 2.58. The van der Waals surface area contributed by atoms with Crippen LogP contribution >= 0.6 is 0 Å². The number of hydrogen-bond donors (Lipinski definition) is 2. The monoisotopic (exact) mass is 255 g/mol. The van der Waals surface area contributed by atoms with Gasteiger partial charge in [-0.05, 0) is 38.5 Å². The molecule has 1 aliphatic rings. The van der Waals surface area contributed by atoms with E-state index in [1.165, 1.54) is 20.3 Å². The number of carbonyl (C=O) groups excluding carboxylic acids is 1. The molecule has 0 spiro atoms. The van der Waals surface area contributed by atoms with Gasteiger partial charge in [-0.3, -0.25) is 9.59 Å². The standard InChI is InChI=1S/C14H25NO3/c1-9(2)10-7-5-6-8-11(10)15-12(16)14(3,4)13(17)18/h9-11H,5-8H2,1-4H3,(H,15,16)(H,17,18). The quantitative estimate of drug-likeness (QED) is 0.758. The molecule has 1 aliphatic carbocycles. The van der Waals surface area contributed by atoms with Crippen molar-refractivity contribution in [2.75, 3.05) is 0 Å². The minimum Gasteiger partial charge on any atom is -0.480 e. The molecule has 2 atom stereocenters. The van der Waals surface area contributed by atoms with Gasteiger partial charge in [0.15, 0.2) is 0 Å². The maximum atomic E-state index is 12.1. The van der Waals surface area contributed by atoms with Crippen molar-refractivity contribution in [2.24, 2.45) is 17.3 Å². The van der Waals surface area contributed by atoms with Gasteiger partial charge in [0.25, 0.3) is 0 Å². The first-order chi connectivity index (χ1) is 8.26. The minimum atomic E-state index is -1.35. The lowest BCUT2D eigenvalue weighted by Gasteiger charge is -2.36. The van der Waals surface area contributed by atoms with Crippen molar-refractivity contribution in [2.45, 2.75) is 59.4 Å². The van der Waals surface area contributed by atoms with Gasteiger partial charge in [-0.25, -0.2) is 0 Å². The van der Waals surface area contributed by atoms with Crippen molar-refractivity contribution in [3.63, 3.8) is 0 Å². The molecular weight excluding hydrogens is 230 g/mol. The summed E-state index contributed by atoms with van der Waals surface area (Å²) in [6.07, 6.45) is 4.40. The van der Waals surface area contributed by atoms with Gasteiger partial charge in [0.05, 0.1) is 0 Å². The summed E-state index contributed by atoms with van der Waals surface area (Å²) in [6, 6.07) is 0.130. The Hall–Kier alpha value is -1.06. The smallest absolute Gasteiger partial charge is 0.318 e. The largest absolute Gasteiger partial charge is 0.480 e. The Labute approximate surface area is 109 Å². The van der Waals surface area contributed by atoms with E-state index >= 15 is 0 Å². The van der Waals surface area contributed by atoms with Gasteiger partial charge in [0.2, 0.25) is 5.91 Å². The van der Waals surface area contributed by atoms with Crippen LogP contribution in [-0.2, 0) is 9.59 Å². The second kappa shape index (κ2) is 5.72. The van der Waals surface area contributed by atoms with Crippen molar-refractivity contribution >= 4 is 11.9 Å². The van der Waals surface area contributed by atoms with E-state index in [4.69, 9.17) is 5.11 Å². The number of carbonyl (C=O) groups is 2. The summed E-state index contributed by atoms with van der Waals surface area (Å²) in [5.41, 5.74) is -1.35. The lowest BCUT2D eigenvalue weighted by atomic mass is 9.77. The number of rotatable bonds is 4. The Morgan fingerprint density at radius 1 is 1.22 bits per heavy atom. The van der Waals surface area contributed by atoms with Crippen molar-refractivity contribution in [3.8, 4) is 0 Å². The summed E-state index contributed by atoms with van der Waals surface area (Å²) in [5, 5.41) is 12.0. The van der Waals surface area contributed by atoms with Crippen LogP contribution in [-0.4, -0.2) is 23.0 Å². The van der Waals surface area contributed by atoms with E-state index in [0.29, 0.717) is 11.8 Å². The summed E-state index contributed by atoms with van der Waals surface area (Å²) in [5.74, 6) is -0.458. The number of nitrogens with one attached hydrogen (secondary N) is 1. The molecule has 0 radical (unpaired) electrons. The molecule has 0 aliphatic heterocycles. The zero-order valence-electron chi connectivity index (χ0n) is 11.8. The van der Waals surface area contributed by atoms with Crippen LogP contribution in [0.1, 0.15) is 53.4 Å². The minimum absolute atomic E-state index is 0.130. The highest BCUT2D eigenvalue weighted by atomic mass is 16.4. The van der Waals surface area contributed by atoms with E-state index in [1.807, 2.05) is 0 Å². The van der Waals surface area contributed by atoms with Gasteiger partial charge in [-0.15, -0.1) is 0 Å². The van der Waals surface area contributed by atoms with Crippen molar-refractivity contribution in [1.29, 1.82) is 0 Å². The Balaban J connectivity index is 2.70. The molecule has 1 saturated carbocycles. The molecular formula is C14H25NO3. The molecule has 1 rings (SSSR count). The van der Waals surface area contributed by atoms with Gasteiger partial charge in [-0.1, -0.05) is 26.7 Å². The third-order valence-electron chi connectivity index (χ3n) is 4.09. The number of hydrogen-bond acceptors (Lipinski definition) is 2. The van der Waals surface area contributed by atoms with E-state index < -0.39 is 11.4 Å². The zero-order chi connectivity index (χ0) is 13.9. The highest BCUT2D eigenvalue weighted by Crippen LogP contribution is 2.31. The summed E-state index contributed by atoms with van der Waals surface area (Å²) in [4.78, 5) is 23.1.